The largest absolute Gasteiger partial charge is 0.469 e. The number of hydrogen-bond acceptors (Lipinski definition) is 4. The molecule has 4 nitrogen and oxygen atoms in total. The van der Waals surface area contributed by atoms with Crippen LogP contribution in [0.15, 0.2) is 24.5 Å². The van der Waals surface area contributed by atoms with Gasteiger partial charge in [-0.1, -0.05) is 0 Å². The minimum atomic E-state index is -0.528. The number of esters is 1. The minimum Gasteiger partial charge on any atom is -0.469 e. The lowest BCUT2D eigenvalue weighted by atomic mass is 9.93. The highest BCUT2D eigenvalue weighted by atomic mass is 16.5. The predicted molar refractivity (Wildman–Crippen MR) is 63.3 cm³/mol. The van der Waals surface area contributed by atoms with Gasteiger partial charge in [-0.2, -0.15) is 0 Å². The lowest BCUT2D eigenvalue weighted by Crippen LogP contribution is -2.38. The van der Waals surface area contributed by atoms with E-state index < -0.39 is 5.41 Å². The van der Waals surface area contributed by atoms with Gasteiger partial charge in [0.25, 0.3) is 0 Å². The van der Waals surface area contributed by atoms with Crippen LogP contribution in [0.5, 0.6) is 0 Å². The van der Waals surface area contributed by atoms with Gasteiger partial charge in [0.15, 0.2) is 0 Å². The van der Waals surface area contributed by atoms with Crippen molar-refractivity contribution in [2.24, 2.45) is 5.41 Å². The number of anilines is 1. The Labute approximate surface area is 96.2 Å². The summed E-state index contributed by atoms with van der Waals surface area (Å²) >= 11 is 0. The molecule has 0 saturated heterocycles. The molecule has 0 atom stereocenters. The monoisotopic (exact) mass is 222 g/mol. The molecule has 1 rings (SSSR count). The zero-order valence-corrected chi connectivity index (χ0v) is 10.2. The number of rotatable bonds is 4. The number of pyridine rings is 1. The van der Waals surface area contributed by atoms with E-state index in [1.54, 1.807) is 12.4 Å². The first-order chi connectivity index (χ1) is 7.47. The molecule has 88 valence electrons. The van der Waals surface area contributed by atoms with Crippen LogP contribution in [0, 0.1) is 5.41 Å². The number of methoxy groups -OCH3 is 1. The standard InChI is InChI=1S/C12H18N2O2/c1-12(2,11(15)16-4)9-14(3)10-6-5-7-13-8-10/h5-8H,9H2,1-4H3. The molecule has 0 aromatic carbocycles. The number of carbonyl (C=O) groups excluding carboxylic acids is 1. The van der Waals surface area contributed by atoms with Gasteiger partial charge in [-0.25, -0.2) is 0 Å². The molecule has 0 bridgehead atoms. The second-order valence-electron chi connectivity index (χ2n) is 4.44. The summed E-state index contributed by atoms with van der Waals surface area (Å²) in [6.45, 7) is 4.32. The van der Waals surface area contributed by atoms with Gasteiger partial charge in [0.1, 0.15) is 0 Å². The van der Waals surface area contributed by atoms with Gasteiger partial charge in [-0.05, 0) is 26.0 Å². The van der Waals surface area contributed by atoms with E-state index in [9.17, 15) is 4.79 Å². The first kappa shape index (κ1) is 12.5. The second-order valence-corrected chi connectivity index (χ2v) is 4.44. The molecule has 0 amide bonds. The van der Waals surface area contributed by atoms with Crippen LogP contribution in [0.2, 0.25) is 0 Å². The normalized spacial score (nSPS) is 11.0. The van der Waals surface area contributed by atoms with E-state index in [1.807, 2.05) is 37.9 Å². The molecule has 0 aliphatic rings. The Morgan fingerprint density at radius 2 is 2.25 bits per heavy atom. The Bertz CT molecular complexity index is 349. The Balaban J connectivity index is 2.71. The SMILES string of the molecule is COC(=O)C(C)(C)CN(C)c1cccnc1. The summed E-state index contributed by atoms with van der Waals surface area (Å²) in [6.07, 6.45) is 3.50. The molecule has 0 saturated carbocycles. The first-order valence-corrected chi connectivity index (χ1v) is 5.17. The van der Waals surface area contributed by atoms with Gasteiger partial charge in [-0.3, -0.25) is 9.78 Å². The van der Waals surface area contributed by atoms with Crippen LogP contribution in [0.3, 0.4) is 0 Å². The van der Waals surface area contributed by atoms with Gasteiger partial charge in [0.2, 0.25) is 0 Å². The molecule has 1 heterocycles. The van der Waals surface area contributed by atoms with Crippen molar-refractivity contribution in [2.75, 3.05) is 25.6 Å². The van der Waals surface area contributed by atoms with Crippen LogP contribution in [-0.2, 0) is 9.53 Å². The van der Waals surface area contributed by atoms with Crippen LogP contribution in [0.4, 0.5) is 5.69 Å². The van der Waals surface area contributed by atoms with Gasteiger partial charge in [0, 0.05) is 19.8 Å². The van der Waals surface area contributed by atoms with Crippen molar-refractivity contribution >= 4 is 11.7 Å². The molecular weight excluding hydrogens is 204 g/mol. The highest BCUT2D eigenvalue weighted by Gasteiger charge is 2.30. The summed E-state index contributed by atoms with van der Waals surface area (Å²) in [5.41, 5.74) is 0.457. The van der Waals surface area contributed by atoms with Gasteiger partial charge in [0.05, 0.1) is 24.4 Å². The zero-order chi connectivity index (χ0) is 12.2. The van der Waals surface area contributed by atoms with E-state index in [-0.39, 0.29) is 5.97 Å². The molecule has 4 heteroatoms. The van der Waals surface area contributed by atoms with E-state index >= 15 is 0 Å². The summed E-state index contributed by atoms with van der Waals surface area (Å²) in [6, 6.07) is 3.83. The van der Waals surface area contributed by atoms with Crippen molar-refractivity contribution < 1.29 is 9.53 Å². The lowest BCUT2D eigenvalue weighted by molar-refractivity contribution is -0.150. The summed E-state index contributed by atoms with van der Waals surface area (Å²) in [5.74, 6) is -0.205. The maximum absolute atomic E-state index is 11.5. The van der Waals surface area contributed by atoms with Crippen LogP contribution < -0.4 is 4.90 Å². The van der Waals surface area contributed by atoms with E-state index in [4.69, 9.17) is 4.74 Å². The average Bonchev–Trinajstić information content (AvgIpc) is 2.28. The molecule has 16 heavy (non-hydrogen) atoms. The molecule has 0 radical (unpaired) electrons. The molecule has 0 aliphatic carbocycles. The number of hydrogen-bond donors (Lipinski definition) is 0. The average molecular weight is 222 g/mol. The first-order valence-electron chi connectivity index (χ1n) is 5.17. The van der Waals surface area contributed by atoms with Gasteiger partial charge in [-0.15, -0.1) is 0 Å². The summed E-state index contributed by atoms with van der Waals surface area (Å²) in [4.78, 5) is 17.6. The van der Waals surface area contributed by atoms with Gasteiger partial charge < -0.3 is 9.64 Å². The Morgan fingerprint density at radius 1 is 1.56 bits per heavy atom. The summed E-state index contributed by atoms with van der Waals surface area (Å²) in [7, 11) is 3.34. The maximum atomic E-state index is 11.5. The fraction of sp³-hybridized carbons (Fsp3) is 0.500. The number of aromatic nitrogens is 1. The summed E-state index contributed by atoms with van der Waals surface area (Å²) < 4.78 is 4.77. The van der Waals surface area contributed by atoms with Crippen LogP contribution >= 0.6 is 0 Å². The van der Waals surface area contributed by atoms with E-state index in [1.165, 1.54) is 7.11 Å². The minimum absolute atomic E-state index is 0.205. The second kappa shape index (κ2) is 4.96. The fourth-order valence-electron chi connectivity index (χ4n) is 1.60. The van der Waals surface area contributed by atoms with Gasteiger partial charge >= 0.3 is 5.97 Å². The lowest BCUT2D eigenvalue weighted by Gasteiger charge is -2.28. The van der Waals surface area contributed by atoms with E-state index in [0.29, 0.717) is 6.54 Å². The predicted octanol–water partition coefficient (Wildman–Crippen LogP) is 1.72. The Morgan fingerprint density at radius 3 is 2.75 bits per heavy atom. The number of ether oxygens (including phenoxy) is 1. The van der Waals surface area contributed by atoms with Crippen LogP contribution in [0.25, 0.3) is 0 Å². The molecule has 0 fully saturated rings. The van der Waals surface area contributed by atoms with E-state index in [2.05, 4.69) is 4.98 Å². The third kappa shape index (κ3) is 2.95. The Kier molecular flexibility index (Phi) is 3.88. The third-order valence-corrected chi connectivity index (χ3v) is 2.46. The quantitative estimate of drug-likeness (QED) is 0.727. The fourth-order valence-corrected chi connectivity index (χ4v) is 1.60. The molecule has 1 aromatic heterocycles. The summed E-state index contributed by atoms with van der Waals surface area (Å²) in [5, 5.41) is 0. The van der Waals surface area contributed by atoms with E-state index in [0.717, 1.165) is 5.69 Å². The van der Waals surface area contributed by atoms with Crippen LogP contribution in [0.1, 0.15) is 13.8 Å². The highest BCUT2D eigenvalue weighted by Crippen LogP contribution is 2.21. The van der Waals surface area contributed by atoms with Crippen molar-refractivity contribution in [3.05, 3.63) is 24.5 Å². The van der Waals surface area contributed by atoms with Crippen molar-refractivity contribution in [3.63, 3.8) is 0 Å². The smallest absolute Gasteiger partial charge is 0.313 e. The topological polar surface area (TPSA) is 42.4 Å². The molecule has 1 aromatic rings. The maximum Gasteiger partial charge on any atom is 0.313 e. The Hall–Kier alpha value is -1.58. The molecule has 0 N–H and O–H groups in total. The highest BCUT2D eigenvalue weighted by molar-refractivity contribution is 5.76. The third-order valence-electron chi connectivity index (χ3n) is 2.46. The number of carbonyl (C=O) groups is 1. The van der Waals surface area contributed by atoms with Crippen molar-refractivity contribution in [3.8, 4) is 0 Å². The van der Waals surface area contributed by atoms with Crippen LogP contribution in [-0.4, -0.2) is 31.7 Å². The van der Waals surface area contributed by atoms with Crippen molar-refractivity contribution in [1.29, 1.82) is 0 Å². The number of nitrogens with zero attached hydrogens (tertiary/aromatic N) is 2. The zero-order valence-electron chi connectivity index (χ0n) is 10.2. The molecule has 0 unspecified atom stereocenters. The van der Waals surface area contributed by atoms with Crippen molar-refractivity contribution in [1.82, 2.24) is 4.98 Å². The molecular formula is C12H18N2O2. The van der Waals surface area contributed by atoms with Crippen molar-refractivity contribution in [2.45, 2.75) is 13.8 Å². The molecule has 0 aliphatic heterocycles. The molecule has 0 spiro atoms.